The molecule has 2 aromatic rings. The summed E-state index contributed by atoms with van der Waals surface area (Å²) in [6, 6.07) is 0.562. The van der Waals surface area contributed by atoms with Crippen molar-refractivity contribution in [2.24, 2.45) is 23.5 Å². The molecule has 5 heterocycles. The average molecular weight is 541 g/mol. The number of nitrogens with two attached hydrogens (primary N) is 1. The van der Waals surface area contributed by atoms with Crippen molar-refractivity contribution in [2.45, 2.75) is 77.8 Å². The molecule has 3 aliphatic heterocycles. The first-order valence-corrected chi connectivity index (χ1v) is 14.6. The monoisotopic (exact) mass is 540 g/mol. The van der Waals surface area contributed by atoms with Crippen molar-refractivity contribution in [3.8, 4) is 5.75 Å². The minimum Gasteiger partial charge on any atom is -0.490 e. The summed E-state index contributed by atoms with van der Waals surface area (Å²) in [5, 5.41) is 4.10. The van der Waals surface area contributed by atoms with Gasteiger partial charge in [0.1, 0.15) is 0 Å². The highest BCUT2D eigenvalue weighted by Crippen LogP contribution is 2.30. The SMILES string of the molecule is CC1CCC(=O)N([C@H]2CN(c3ncc(OCC[C@@H](C)C4CCN(c5nc(C(C)C)no5)CC4)cn3)C[C@@H]2N)C1. The number of carbonyl (C=O) groups excluding carboxylic acids is 1. The van der Waals surface area contributed by atoms with Crippen LogP contribution in [-0.2, 0) is 4.79 Å². The second-order valence-electron chi connectivity index (χ2n) is 12.1. The van der Waals surface area contributed by atoms with E-state index in [0.717, 1.165) is 51.1 Å². The van der Waals surface area contributed by atoms with Crippen LogP contribution < -0.4 is 20.3 Å². The molecule has 1 unspecified atom stereocenters. The van der Waals surface area contributed by atoms with Gasteiger partial charge in [-0.15, -0.1) is 0 Å². The van der Waals surface area contributed by atoms with Crippen molar-refractivity contribution >= 4 is 17.9 Å². The Kier molecular flexibility index (Phi) is 8.54. The fourth-order valence-electron chi connectivity index (χ4n) is 6.06. The van der Waals surface area contributed by atoms with Gasteiger partial charge in [-0.3, -0.25) is 4.79 Å². The van der Waals surface area contributed by atoms with Crippen molar-refractivity contribution in [2.75, 3.05) is 49.1 Å². The molecule has 214 valence electrons. The Hall–Kier alpha value is -2.95. The number of carbonyl (C=O) groups is 1. The van der Waals surface area contributed by atoms with Gasteiger partial charge in [-0.25, -0.2) is 9.97 Å². The quantitative estimate of drug-likeness (QED) is 0.507. The van der Waals surface area contributed by atoms with Crippen LogP contribution in [0.4, 0.5) is 12.0 Å². The third-order valence-electron chi connectivity index (χ3n) is 8.71. The molecule has 3 saturated heterocycles. The van der Waals surface area contributed by atoms with E-state index < -0.39 is 0 Å². The molecule has 0 aromatic carbocycles. The Morgan fingerprint density at radius 3 is 2.51 bits per heavy atom. The van der Waals surface area contributed by atoms with Crippen LogP contribution in [0.15, 0.2) is 16.9 Å². The minimum atomic E-state index is -0.100. The largest absolute Gasteiger partial charge is 0.490 e. The van der Waals surface area contributed by atoms with E-state index in [-0.39, 0.29) is 23.9 Å². The van der Waals surface area contributed by atoms with Gasteiger partial charge in [0.25, 0.3) is 0 Å². The highest BCUT2D eigenvalue weighted by molar-refractivity contribution is 5.77. The number of piperidine rings is 2. The van der Waals surface area contributed by atoms with Gasteiger partial charge < -0.3 is 29.7 Å². The summed E-state index contributed by atoms with van der Waals surface area (Å²) < 4.78 is 11.5. The smallest absolute Gasteiger partial charge is 0.324 e. The lowest BCUT2D eigenvalue weighted by molar-refractivity contribution is -0.137. The van der Waals surface area contributed by atoms with E-state index in [0.29, 0.717) is 61.6 Å². The summed E-state index contributed by atoms with van der Waals surface area (Å²) in [7, 11) is 0. The van der Waals surface area contributed by atoms with Gasteiger partial charge in [-0.2, -0.15) is 4.98 Å². The van der Waals surface area contributed by atoms with Crippen LogP contribution >= 0.6 is 0 Å². The molecule has 11 heteroatoms. The molecule has 4 atom stereocenters. The topological polar surface area (TPSA) is 127 Å². The Morgan fingerprint density at radius 2 is 1.82 bits per heavy atom. The first kappa shape index (κ1) is 27.6. The first-order chi connectivity index (χ1) is 18.8. The summed E-state index contributed by atoms with van der Waals surface area (Å²) in [6.07, 6.45) is 8.27. The third kappa shape index (κ3) is 6.45. The maximum Gasteiger partial charge on any atom is 0.324 e. The molecule has 0 bridgehead atoms. The molecule has 2 aromatic heterocycles. The van der Waals surface area contributed by atoms with Crippen LogP contribution in [0.3, 0.4) is 0 Å². The number of hydrogen-bond donors (Lipinski definition) is 1. The Balaban J connectivity index is 1.05. The summed E-state index contributed by atoms with van der Waals surface area (Å²) in [4.78, 5) is 32.4. The molecule has 11 nitrogen and oxygen atoms in total. The lowest BCUT2D eigenvalue weighted by atomic mass is 9.84. The van der Waals surface area contributed by atoms with Gasteiger partial charge >= 0.3 is 6.01 Å². The average Bonchev–Trinajstić information content (AvgIpc) is 3.58. The number of nitrogens with zero attached hydrogens (tertiary/aromatic N) is 7. The molecule has 39 heavy (non-hydrogen) atoms. The van der Waals surface area contributed by atoms with E-state index in [1.807, 2.05) is 4.90 Å². The number of amides is 1. The third-order valence-corrected chi connectivity index (χ3v) is 8.71. The second kappa shape index (κ2) is 12.1. The van der Waals surface area contributed by atoms with Crippen LogP contribution in [0.5, 0.6) is 5.75 Å². The van der Waals surface area contributed by atoms with Gasteiger partial charge in [-0.1, -0.05) is 32.9 Å². The van der Waals surface area contributed by atoms with Gasteiger partial charge in [0.05, 0.1) is 25.0 Å². The molecule has 3 fully saturated rings. The normalized spacial score (nSPS) is 25.5. The summed E-state index contributed by atoms with van der Waals surface area (Å²) in [6.45, 7) is 13.3. The van der Waals surface area contributed by atoms with Crippen molar-refractivity contribution in [3.05, 3.63) is 18.2 Å². The minimum absolute atomic E-state index is 0.0117. The molecule has 5 rings (SSSR count). The highest BCUT2D eigenvalue weighted by Gasteiger charge is 2.39. The Morgan fingerprint density at radius 1 is 1.08 bits per heavy atom. The number of likely N-dealkylation sites (tertiary alicyclic amines) is 1. The number of ether oxygens (including phenoxy) is 1. The van der Waals surface area contributed by atoms with Crippen molar-refractivity contribution in [1.82, 2.24) is 25.0 Å². The fraction of sp³-hybridized carbons (Fsp3) is 0.750. The van der Waals surface area contributed by atoms with E-state index in [1.165, 1.54) is 0 Å². The van der Waals surface area contributed by atoms with E-state index in [2.05, 4.69) is 57.6 Å². The number of anilines is 2. The van der Waals surface area contributed by atoms with Gasteiger partial charge in [0.2, 0.25) is 11.9 Å². The van der Waals surface area contributed by atoms with Crippen molar-refractivity contribution < 1.29 is 14.1 Å². The molecule has 0 radical (unpaired) electrons. The lowest BCUT2D eigenvalue weighted by Gasteiger charge is -2.36. The van der Waals surface area contributed by atoms with Gasteiger partial charge in [0, 0.05) is 51.1 Å². The predicted molar refractivity (Wildman–Crippen MR) is 149 cm³/mol. The molecule has 0 saturated carbocycles. The zero-order valence-corrected chi connectivity index (χ0v) is 23.8. The number of hydrogen-bond acceptors (Lipinski definition) is 10. The van der Waals surface area contributed by atoms with E-state index in [1.54, 1.807) is 12.4 Å². The molecular weight excluding hydrogens is 496 g/mol. The molecule has 3 aliphatic rings. The maximum atomic E-state index is 12.5. The molecule has 1 amide bonds. The molecular formula is C28H44N8O3. The lowest BCUT2D eigenvalue weighted by Crippen LogP contribution is -2.53. The zero-order valence-electron chi connectivity index (χ0n) is 23.8. The number of aromatic nitrogens is 4. The van der Waals surface area contributed by atoms with Crippen LogP contribution in [0, 0.1) is 17.8 Å². The summed E-state index contributed by atoms with van der Waals surface area (Å²) in [5.41, 5.74) is 6.45. The molecule has 0 spiro atoms. The van der Waals surface area contributed by atoms with Crippen LogP contribution in [0.25, 0.3) is 0 Å². The highest BCUT2D eigenvalue weighted by atomic mass is 16.5. The predicted octanol–water partition coefficient (Wildman–Crippen LogP) is 3.08. The maximum absolute atomic E-state index is 12.5. The Bertz CT molecular complexity index is 1080. The van der Waals surface area contributed by atoms with Crippen LogP contribution in [-0.4, -0.2) is 82.3 Å². The zero-order chi connectivity index (χ0) is 27.5. The summed E-state index contributed by atoms with van der Waals surface area (Å²) >= 11 is 0. The molecule has 2 N–H and O–H groups in total. The van der Waals surface area contributed by atoms with Crippen molar-refractivity contribution in [1.29, 1.82) is 0 Å². The fourth-order valence-corrected chi connectivity index (χ4v) is 6.06. The van der Waals surface area contributed by atoms with Gasteiger partial charge in [-0.05, 0) is 43.4 Å². The van der Waals surface area contributed by atoms with Crippen molar-refractivity contribution in [3.63, 3.8) is 0 Å². The second-order valence-corrected chi connectivity index (χ2v) is 12.1. The molecule has 0 aliphatic carbocycles. The number of rotatable bonds is 9. The van der Waals surface area contributed by atoms with E-state index in [9.17, 15) is 4.79 Å². The summed E-state index contributed by atoms with van der Waals surface area (Å²) in [5.74, 6) is 4.30. The van der Waals surface area contributed by atoms with E-state index >= 15 is 0 Å². The van der Waals surface area contributed by atoms with Crippen LogP contribution in [0.1, 0.15) is 71.5 Å². The Labute approximate surface area is 231 Å². The first-order valence-electron chi connectivity index (χ1n) is 14.6. The van der Waals surface area contributed by atoms with Crippen LogP contribution in [0.2, 0.25) is 0 Å². The van der Waals surface area contributed by atoms with Gasteiger partial charge in [0.15, 0.2) is 11.6 Å². The van der Waals surface area contributed by atoms with E-state index in [4.69, 9.17) is 15.0 Å². The standard InChI is InChI=1S/C28H44N8O3/c1-18(2)26-32-28(39-33-26)34-10-7-21(8-11-34)20(4)9-12-38-22-13-30-27(31-14-22)35-16-23(29)24(17-35)36-15-19(3)5-6-25(36)37/h13-14,18-21,23-24H,5-12,15-17,29H2,1-4H3/t19?,20-,23+,24+/m1/s1.